The molecular weight excluding hydrogens is 238 g/mol. The Morgan fingerprint density at radius 3 is 3.00 bits per heavy atom. The third kappa shape index (κ3) is 2.65. The van der Waals surface area contributed by atoms with Crippen LogP contribution in [0.25, 0.3) is 5.57 Å². The zero-order valence-corrected chi connectivity index (χ0v) is 11.2. The number of amides is 1. The van der Waals surface area contributed by atoms with Crippen LogP contribution >= 0.6 is 0 Å². The van der Waals surface area contributed by atoms with Crippen molar-refractivity contribution < 1.29 is 9.53 Å². The average molecular weight is 257 g/mol. The molecule has 3 rings (SSSR count). The van der Waals surface area contributed by atoms with Crippen LogP contribution in [0.5, 0.6) is 5.75 Å². The number of allylic oxidation sites excluding steroid dienone is 1. The molecule has 100 valence electrons. The molecule has 3 nitrogen and oxygen atoms in total. The lowest BCUT2D eigenvalue weighted by Gasteiger charge is -2.05. The molecule has 0 radical (unpaired) electrons. The Hall–Kier alpha value is -1.77. The summed E-state index contributed by atoms with van der Waals surface area (Å²) in [4.78, 5) is 11.6. The highest BCUT2D eigenvalue weighted by molar-refractivity contribution is 5.81. The molecule has 19 heavy (non-hydrogen) atoms. The largest absolute Gasteiger partial charge is 0.497 e. The summed E-state index contributed by atoms with van der Waals surface area (Å²) >= 11 is 0. The van der Waals surface area contributed by atoms with Crippen molar-refractivity contribution in [1.82, 2.24) is 5.32 Å². The molecule has 1 fully saturated rings. The van der Waals surface area contributed by atoms with Crippen LogP contribution in [0.4, 0.5) is 0 Å². The standard InChI is InChI=1S/C16H19NO2/c1-19-14-7-6-11-2-3-12(15(11)10-14)8-9-17-16(18)13-4-5-13/h6-8,10,13H,2-5,9H2,1H3,(H,17,18)/b12-8+. The fourth-order valence-corrected chi connectivity index (χ4v) is 2.58. The van der Waals surface area contributed by atoms with Crippen LogP contribution in [0, 0.1) is 5.92 Å². The zero-order chi connectivity index (χ0) is 13.2. The third-order valence-electron chi connectivity index (χ3n) is 3.90. The van der Waals surface area contributed by atoms with Crippen LogP contribution in [-0.2, 0) is 11.2 Å². The Labute approximate surface area is 113 Å². The van der Waals surface area contributed by atoms with E-state index in [4.69, 9.17) is 4.74 Å². The number of carbonyl (C=O) groups is 1. The van der Waals surface area contributed by atoms with E-state index in [1.165, 1.54) is 16.7 Å². The summed E-state index contributed by atoms with van der Waals surface area (Å²) in [5.41, 5.74) is 3.98. The van der Waals surface area contributed by atoms with E-state index in [9.17, 15) is 4.79 Å². The monoisotopic (exact) mass is 257 g/mol. The molecule has 0 heterocycles. The number of hydrogen-bond acceptors (Lipinski definition) is 2. The summed E-state index contributed by atoms with van der Waals surface area (Å²) in [6.45, 7) is 0.640. The van der Waals surface area contributed by atoms with E-state index in [1.54, 1.807) is 7.11 Å². The lowest BCUT2D eigenvalue weighted by molar-refractivity contribution is -0.122. The van der Waals surface area contributed by atoms with Gasteiger partial charge < -0.3 is 10.1 Å². The van der Waals surface area contributed by atoms with E-state index in [-0.39, 0.29) is 11.8 Å². The predicted octanol–water partition coefficient (Wildman–Crippen LogP) is 2.55. The van der Waals surface area contributed by atoms with Gasteiger partial charge in [0.1, 0.15) is 5.75 Å². The van der Waals surface area contributed by atoms with Crippen molar-refractivity contribution in [3.63, 3.8) is 0 Å². The highest BCUT2D eigenvalue weighted by atomic mass is 16.5. The molecule has 0 atom stereocenters. The van der Waals surface area contributed by atoms with Gasteiger partial charge in [-0.1, -0.05) is 12.1 Å². The molecule has 0 spiro atoms. The molecule has 0 bridgehead atoms. The minimum atomic E-state index is 0.209. The van der Waals surface area contributed by atoms with Crippen molar-refractivity contribution >= 4 is 11.5 Å². The van der Waals surface area contributed by atoms with Gasteiger partial charge in [0.15, 0.2) is 0 Å². The van der Waals surface area contributed by atoms with Gasteiger partial charge in [0, 0.05) is 12.5 Å². The van der Waals surface area contributed by atoms with Crippen molar-refractivity contribution in [2.45, 2.75) is 25.7 Å². The molecule has 1 saturated carbocycles. The summed E-state index contributed by atoms with van der Waals surface area (Å²) in [5.74, 6) is 1.39. The quantitative estimate of drug-likeness (QED) is 0.900. The highest BCUT2D eigenvalue weighted by Crippen LogP contribution is 2.34. The lowest BCUT2D eigenvalue weighted by Crippen LogP contribution is -2.24. The minimum absolute atomic E-state index is 0.209. The number of aryl methyl sites for hydroxylation is 1. The number of nitrogens with one attached hydrogen (secondary N) is 1. The fourth-order valence-electron chi connectivity index (χ4n) is 2.58. The van der Waals surface area contributed by atoms with Gasteiger partial charge in [0.25, 0.3) is 0 Å². The summed E-state index contributed by atoms with van der Waals surface area (Å²) in [6, 6.07) is 6.24. The Balaban J connectivity index is 1.68. The first-order valence-corrected chi connectivity index (χ1v) is 6.92. The SMILES string of the molecule is COc1ccc2c(c1)/C(=C/CNC(=O)C1CC1)CC2. The second-order valence-electron chi connectivity index (χ2n) is 5.27. The number of hydrogen-bond donors (Lipinski definition) is 1. The van der Waals surface area contributed by atoms with Gasteiger partial charge in [-0.2, -0.15) is 0 Å². The predicted molar refractivity (Wildman–Crippen MR) is 75.0 cm³/mol. The van der Waals surface area contributed by atoms with Gasteiger partial charge in [-0.05, 0) is 54.5 Å². The van der Waals surface area contributed by atoms with E-state index in [0.717, 1.165) is 31.4 Å². The number of fused-ring (bicyclic) bond motifs is 1. The number of benzene rings is 1. The van der Waals surface area contributed by atoms with Gasteiger partial charge in [-0.3, -0.25) is 4.79 Å². The molecule has 1 aromatic rings. The molecule has 0 aromatic heterocycles. The summed E-state index contributed by atoms with van der Waals surface area (Å²) < 4.78 is 5.27. The molecular formula is C16H19NO2. The maximum atomic E-state index is 11.6. The number of rotatable bonds is 4. The molecule has 0 aliphatic heterocycles. The van der Waals surface area contributed by atoms with Crippen molar-refractivity contribution in [3.8, 4) is 5.75 Å². The second-order valence-corrected chi connectivity index (χ2v) is 5.27. The van der Waals surface area contributed by atoms with Gasteiger partial charge in [0.2, 0.25) is 5.91 Å². The minimum Gasteiger partial charge on any atom is -0.497 e. The fraction of sp³-hybridized carbons (Fsp3) is 0.438. The Morgan fingerprint density at radius 1 is 1.42 bits per heavy atom. The van der Waals surface area contributed by atoms with Crippen molar-refractivity contribution in [1.29, 1.82) is 0 Å². The Kier molecular flexibility index (Phi) is 3.28. The van der Waals surface area contributed by atoms with Crippen LogP contribution in [0.1, 0.15) is 30.4 Å². The number of carbonyl (C=O) groups excluding carboxylic acids is 1. The van der Waals surface area contributed by atoms with Crippen molar-refractivity contribution in [3.05, 3.63) is 35.4 Å². The van der Waals surface area contributed by atoms with Gasteiger partial charge in [-0.25, -0.2) is 0 Å². The summed E-state index contributed by atoms with van der Waals surface area (Å²) in [5, 5.41) is 2.98. The van der Waals surface area contributed by atoms with E-state index in [1.807, 2.05) is 6.07 Å². The topological polar surface area (TPSA) is 38.3 Å². The molecule has 3 heteroatoms. The van der Waals surface area contributed by atoms with Gasteiger partial charge >= 0.3 is 0 Å². The van der Waals surface area contributed by atoms with Crippen molar-refractivity contribution in [2.24, 2.45) is 5.92 Å². The lowest BCUT2D eigenvalue weighted by atomic mass is 10.1. The van der Waals surface area contributed by atoms with E-state index in [2.05, 4.69) is 23.5 Å². The van der Waals surface area contributed by atoms with E-state index >= 15 is 0 Å². The first kappa shape index (κ1) is 12.3. The zero-order valence-electron chi connectivity index (χ0n) is 11.2. The average Bonchev–Trinajstić information content (AvgIpc) is 3.21. The number of methoxy groups -OCH3 is 1. The molecule has 1 amide bonds. The van der Waals surface area contributed by atoms with Crippen LogP contribution in [-0.4, -0.2) is 19.6 Å². The molecule has 0 saturated heterocycles. The maximum Gasteiger partial charge on any atom is 0.223 e. The van der Waals surface area contributed by atoms with Gasteiger partial charge in [-0.15, -0.1) is 0 Å². The second kappa shape index (κ2) is 5.08. The summed E-state index contributed by atoms with van der Waals surface area (Å²) in [6.07, 6.45) is 6.40. The molecule has 1 aromatic carbocycles. The Morgan fingerprint density at radius 2 is 2.26 bits per heavy atom. The molecule has 0 unspecified atom stereocenters. The van der Waals surface area contributed by atoms with Crippen LogP contribution in [0.2, 0.25) is 0 Å². The van der Waals surface area contributed by atoms with Crippen molar-refractivity contribution in [2.75, 3.05) is 13.7 Å². The van der Waals surface area contributed by atoms with Crippen LogP contribution < -0.4 is 10.1 Å². The third-order valence-corrected chi connectivity index (χ3v) is 3.90. The molecule has 2 aliphatic carbocycles. The molecule has 1 N–H and O–H groups in total. The maximum absolute atomic E-state index is 11.6. The van der Waals surface area contributed by atoms with E-state index < -0.39 is 0 Å². The smallest absolute Gasteiger partial charge is 0.223 e. The molecule has 2 aliphatic rings. The number of ether oxygens (including phenoxy) is 1. The highest BCUT2D eigenvalue weighted by Gasteiger charge is 2.29. The van der Waals surface area contributed by atoms with Gasteiger partial charge in [0.05, 0.1) is 7.11 Å². The Bertz CT molecular complexity index is 530. The summed E-state index contributed by atoms with van der Waals surface area (Å²) in [7, 11) is 1.69. The van der Waals surface area contributed by atoms with Crippen LogP contribution in [0.3, 0.4) is 0 Å². The first-order chi connectivity index (χ1) is 9.28. The first-order valence-electron chi connectivity index (χ1n) is 6.92. The normalized spacial score (nSPS) is 19.3. The van der Waals surface area contributed by atoms with E-state index in [0.29, 0.717) is 6.54 Å². The van der Waals surface area contributed by atoms with Crippen LogP contribution in [0.15, 0.2) is 24.3 Å².